The quantitative estimate of drug-likeness (QED) is 0.0959. The lowest BCUT2D eigenvalue weighted by molar-refractivity contribution is 0.289. The molecule has 0 aliphatic rings. The van der Waals surface area contributed by atoms with Crippen LogP contribution in [0.15, 0.2) is 135 Å². The van der Waals surface area contributed by atoms with E-state index in [0.29, 0.717) is 59.5 Å². The van der Waals surface area contributed by atoms with Crippen LogP contribution in [0, 0.1) is 22.7 Å². The molecule has 0 aliphatic heterocycles. The van der Waals surface area contributed by atoms with Crippen molar-refractivity contribution in [1.82, 2.24) is 49.9 Å². The van der Waals surface area contributed by atoms with Gasteiger partial charge in [0.1, 0.15) is 36.9 Å². The number of nitrogen functional groups attached to an aromatic ring is 1. The average Bonchev–Trinajstić information content (AvgIpc) is 4.13. The SMILES string of the molecule is N#Cc1cc2c(Cl)ccnc2cc1OCCn1ccnn1.N#Cc1cc2c(Nc3ccc4[nH]ccc4c3)ccnc2cc1OCCn1ccnn1.Nc1ccc2[nH]ccc2c1. The molecule has 17 heteroatoms. The number of nitrogens with one attached hydrogen (secondary N) is 3. The molecule has 6 heterocycles. The number of halogens is 1. The molecule has 16 nitrogen and oxygen atoms in total. The van der Waals surface area contributed by atoms with E-state index in [1.54, 1.807) is 70.8 Å². The van der Waals surface area contributed by atoms with Crippen LogP contribution in [0.2, 0.25) is 5.02 Å². The number of aromatic nitrogens is 10. The molecular weight excluding hydrogens is 792 g/mol. The molecule has 0 fully saturated rings. The summed E-state index contributed by atoms with van der Waals surface area (Å²) in [4.78, 5) is 15.0. The van der Waals surface area contributed by atoms with Crippen molar-refractivity contribution < 1.29 is 9.47 Å². The van der Waals surface area contributed by atoms with Crippen molar-refractivity contribution in [2.45, 2.75) is 13.1 Å². The number of fused-ring (bicyclic) bond motifs is 4. The predicted molar refractivity (Wildman–Crippen MR) is 233 cm³/mol. The Bertz CT molecular complexity index is 3150. The van der Waals surface area contributed by atoms with E-state index in [9.17, 15) is 10.5 Å². The van der Waals surface area contributed by atoms with Gasteiger partial charge in [0.15, 0.2) is 0 Å². The molecule has 0 atom stereocenters. The van der Waals surface area contributed by atoms with E-state index in [1.807, 2.05) is 67.0 Å². The molecule has 0 spiro atoms. The highest BCUT2D eigenvalue weighted by molar-refractivity contribution is 6.35. The van der Waals surface area contributed by atoms with E-state index in [1.165, 1.54) is 5.39 Å². The molecule has 0 unspecified atom stereocenters. The van der Waals surface area contributed by atoms with Gasteiger partial charge in [0.2, 0.25) is 0 Å². The van der Waals surface area contributed by atoms with Gasteiger partial charge in [0, 0.05) is 99.0 Å². The molecular formula is C44H35ClN14O2. The monoisotopic (exact) mass is 826 g/mol. The molecule has 0 radical (unpaired) electrons. The number of nitriles is 2. The van der Waals surface area contributed by atoms with Crippen LogP contribution in [0.1, 0.15) is 11.1 Å². The fourth-order valence-electron chi connectivity index (χ4n) is 6.40. The Morgan fingerprint density at radius 1 is 0.656 bits per heavy atom. The number of nitrogens with two attached hydrogens (primary N) is 1. The van der Waals surface area contributed by atoms with Crippen LogP contribution in [-0.4, -0.2) is 63.1 Å². The number of rotatable bonds is 10. The maximum Gasteiger partial charge on any atom is 0.139 e. The molecule has 5 N–H and O–H groups in total. The zero-order valence-electron chi connectivity index (χ0n) is 32.3. The fourth-order valence-corrected chi connectivity index (χ4v) is 6.60. The Labute approximate surface area is 352 Å². The van der Waals surface area contributed by atoms with E-state index >= 15 is 0 Å². The number of anilines is 3. The van der Waals surface area contributed by atoms with E-state index in [-0.39, 0.29) is 0 Å². The van der Waals surface area contributed by atoms with E-state index < -0.39 is 0 Å². The Balaban J connectivity index is 0.000000143. The summed E-state index contributed by atoms with van der Waals surface area (Å²) in [5, 5.41) is 42.0. The fraction of sp³-hybridized carbons (Fsp3) is 0.0909. The number of nitrogens with zero attached hydrogens (tertiary/aromatic N) is 10. The second-order valence-corrected chi connectivity index (χ2v) is 13.8. The van der Waals surface area contributed by atoms with Gasteiger partial charge in [0.05, 0.1) is 52.7 Å². The minimum absolute atomic E-state index is 0.373. The maximum absolute atomic E-state index is 9.63. The Morgan fingerprint density at radius 2 is 1.23 bits per heavy atom. The molecule has 0 aliphatic carbocycles. The molecule has 0 saturated carbocycles. The number of ether oxygens (including phenoxy) is 2. The lowest BCUT2D eigenvalue weighted by Crippen LogP contribution is -2.09. The Kier molecular flexibility index (Phi) is 11.9. The minimum Gasteiger partial charge on any atom is -0.490 e. The first-order chi connectivity index (χ1) is 29.9. The van der Waals surface area contributed by atoms with Crippen LogP contribution in [0.4, 0.5) is 17.1 Å². The largest absolute Gasteiger partial charge is 0.490 e. The van der Waals surface area contributed by atoms with Crippen molar-refractivity contribution in [1.29, 1.82) is 10.5 Å². The number of H-pyrrole nitrogens is 2. The van der Waals surface area contributed by atoms with Crippen molar-refractivity contribution in [3.63, 3.8) is 0 Å². The van der Waals surface area contributed by atoms with Gasteiger partial charge in [-0.15, -0.1) is 10.2 Å². The van der Waals surface area contributed by atoms with Gasteiger partial charge < -0.3 is 30.5 Å². The highest BCUT2D eigenvalue weighted by Gasteiger charge is 2.12. The summed E-state index contributed by atoms with van der Waals surface area (Å²) in [6.45, 7) is 1.84. The zero-order valence-corrected chi connectivity index (χ0v) is 33.0. The first kappa shape index (κ1) is 39.4. The lowest BCUT2D eigenvalue weighted by atomic mass is 10.1. The van der Waals surface area contributed by atoms with Gasteiger partial charge in [-0.05, 0) is 72.8 Å². The van der Waals surface area contributed by atoms with Crippen LogP contribution in [0.25, 0.3) is 43.6 Å². The molecule has 10 rings (SSSR count). The predicted octanol–water partition coefficient (Wildman–Crippen LogP) is 8.18. The molecule has 300 valence electrons. The van der Waals surface area contributed by atoms with Crippen LogP contribution in [-0.2, 0) is 13.1 Å². The van der Waals surface area contributed by atoms with Gasteiger partial charge in [-0.1, -0.05) is 22.0 Å². The van der Waals surface area contributed by atoms with Crippen LogP contribution in [0.3, 0.4) is 0 Å². The first-order valence-corrected chi connectivity index (χ1v) is 19.2. The normalized spacial score (nSPS) is 10.7. The summed E-state index contributed by atoms with van der Waals surface area (Å²) in [6.07, 6.45) is 13.9. The zero-order chi connectivity index (χ0) is 42.0. The lowest BCUT2D eigenvalue weighted by Gasteiger charge is -2.13. The van der Waals surface area contributed by atoms with E-state index in [4.69, 9.17) is 26.8 Å². The molecule has 0 bridgehead atoms. The summed E-state index contributed by atoms with van der Waals surface area (Å²) < 4.78 is 14.8. The van der Waals surface area contributed by atoms with E-state index in [2.05, 4.69) is 64.1 Å². The third kappa shape index (κ3) is 9.47. The minimum atomic E-state index is 0.373. The molecule has 4 aromatic carbocycles. The van der Waals surface area contributed by atoms with Crippen LogP contribution >= 0.6 is 11.6 Å². The topological polar surface area (TPSA) is 223 Å². The number of hydrogen-bond donors (Lipinski definition) is 4. The molecule has 61 heavy (non-hydrogen) atoms. The van der Waals surface area contributed by atoms with Gasteiger partial charge in [-0.25, -0.2) is 9.36 Å². The second-order valence-electron chi connectivity index (χ2n) is 13.4. The standard InChI is InChI=1S/C22H17N7O.C14H10ClN5O.C8H8N2/c23-14-16-12-18-20(27-17-1-2-19-15(11-17)3-5-24-19)4-6-25-21(18)13-22(16)30-10-9-29-8-7-26-28-29;15-12-1-2-17-13-8-14(10(9-16)7-11(12)13)21-6-5-20-4-3-18-19-20;9-7-1-2-8-6(5-7)3-4-10-8/h1-8,11-13,24H,9-10H2,(H,25,27);1-4,7-8H,5-6H2;1-5,10H,9H2. The smallest absolute Gasteiger partial charge is 0.139 e. The average molecular weight is 827 g/mol. The summed E-state index contributed by atoms with van der Waals surface area (Å²) in [5.74, 6) is 0.989. The number of benzene rings is 4. The van der Waals surface area contributed by atoms with Crippen molar-refractivity contribution in [3.05, 3.63) is 151 Å². The number of hydrogen-bond acceptors (Lipinski definition) is 12. The van der Waals surface area contributed by atoms with Crippen LogP contribution < -0.4 is 20.5 Å². The highest BCUT2D eigenvalue weighted by Crippen LogP contribution is 2.32. The van der Waals surface area contributed by atoms with Gasteiger partial charge in [0.25, 0.3) is 0 Å². The van der Waals surface area contributed by atoms with Crippen molar-refractivity contribution in [3.8, 4) is 23.6 Å². The summed E-state index contributed by atoms with van der Waals surface area (Å²) in [5.41, 5.74) is 12.8. The van der Waals surface area contributed by atoms with E-state index in [0.717, 1.165) is 49.8 Å². The van der Waals surface area contributed by atoms with Gasteiger partial charge in [-0.3, -0.25) is 9.97 Å². The molecule has 6 aromatic heterocycles. The molecule has 0 amide bonds. The maximum atomic E-state index is 9.63. The number of pyridine rings is 2. The van der Waals surface area contributed by atoms with Gasteiger partial charge >= 0.3 is 0 Å². The van der Waals surface area contributed by atoms with Crippen molar-refractivity contribution in [2.24, 2.45) is 0 Å². The summed E-state index contributed by atoms with van der Waals surface area (Å²) in [7, 11) is 0. The summed E-state index contributed by atoms with van der Waals surface area (Å²) in [6, 6.07) is 30.9. The third-order valence-electron chi connectivity index (χ3n) is 9.38. The Hall–Kier alpha value is -8.47. The van der Waals surface area contributed by atoms with Crippen LogP contribution in [0.5, 0.6) is 11.5 Å². The van der Waals surface area contributed by atoms with Crippen molar-refractivity contribution >= 4 is 72.3 Å². The molecule has 10 aromatic rings. The highest BCUT2D eigenvalue weighted by atomic mass is 35.5. The Morgan fingerprint density at radius 3 is 1.84 bits per heavy atom. The van der Waals surface area contributed by atoms with Crippen molar-refractivity contribution in [2.75, 3.05) is 24.3 Å². The van der Waals surface area contributed by atoms with Gasteiger partial charge in [-0.2, -0.15) is 10.5 Å². The summed E-state index contributed by atoms with van der Waals surface area (Å²) >= 11 is 6.10. The number of aromatic amines is 2. The molecule has 0 saturated heterocycles. The third-order valence-corrected chi connectivity index (χ3v) is 9.71. The first-order valence-electron chi connectivity index (χ1n) is 18.9. The second kappa shape index (κ2) is 18.4.